The number of benzene rings is 1. The van der Waals surface area contributed by atoms with Gasteiger partial charge in [0.25, 0.3) is 0 Å². The number of rotatable bonds is 3. The van der Waals surface area contributed by atoms with Crippen LogP contribution in [-0.4, -0.2) is 11.9 Å². The summed E-state index contributed by atoms with van der Waals surface area (Å²) in [4.78, 5) is 1.03. The van der Waals surface area contributed by atoms with E-state index in [4.69, 9.17) is 21.6 Å². The Morgan fingerprint density at radius 2 is 2.25 bits per heavy atom. The summed E-state index contributed by atoms with van der Waals surface area (Å²) >= 11 is 7.65. The summed E-state index contributed by atoms with van der Waals surface area (Å²) in [5.74, 6) is 0.672. The van der Waals surface area contributed by atoms with E-state index in [0.717, 1.165) is 24.2 Å². The van der Waals surface area contributed by atoms with Crippen LogP contribution in [0.1, 0.15) is 19.3 Å². The van der Waals surface area contributed by atoms with Crippen LogP contribution in [0.3, 0.4) is 0 Å². The molecule has 0 heterocycles. The van der Waals surface area contributed by atoms with Gasteiger partial charge in [0.05, 0.1) is 18.2 Å². The summed E-state index contributed by atoms with van der Waals surface area (Å²) in [6, 6.07) is 8.06. The number of hydrogen-bond donors (Lipinski definition) is 0. The summed E-state index contributed by atoms with van der Waals surface area (Å²) in [7, 11) is 1.59. The van der Waals surface area contributed by atoms with Gasteiger partial charge in [-0.05, 0) is 37.5 Å². The molecule has 0 spiro atoms. The third-order valence-electron chi connectivity index (χ3n) is 2.80. The molecule has 1 aliphatic carbocycles. The van der Waals surface area contributed by atoms with Crippen LogP contribution < -0.4 is 4.74 Å². The van der Waals surface area contributed by atoms with E-state index in [0.29, 0.717) is 10.8 Å². The lowest BCUT2D eigenvalue weighted by Gasteiger charge is -2.34. The van der Waals surface area contributed by atoms with Crippen molar-refractivity contribution in [1.82, 2.24) is 0 Å². The van der Waals surface area contributed by atoms with E-state index in [-0.39, 0.29) is 4.75 Å². The lowest BCUT2D eigenvalue weighted by atomic mass is 9.86. The van der Waals surface area contributed by atoms with Crippen LogP contribution >= 0.6 is 23.4 Å². The molecule has 1 aromatic rings. The van der Waals surface area contributed by atoms with Crippen molar-refractivity contribution in [3.63, 3.8) is 0 Å². The highest BCUT2D eigenvalue weighted by Gasteiger charge is 2.38. The first-order valence-corrected chi connectivity index (χ1v) is 6.32. The minimum Gasteiger partial charge on any atom is -0.495 e. The fourth-order valence-electron chi connectivity index (χ4n) is 1.67. The molecule has 1 saturated carbocycles. The van der Waals surface area contributed by atoms with Crippen LogP contribution in [0.5, 0.6) is 5.75 Å². The molecular weight excluding hydrogens is 242 g/mol. The van der Waals surface area contributed by atoms with Gasteiger partial charge in [-0.3, -0.25) is 0 Å². The number of hydrogen-bond acceptors (Lipinski definition) is 3. The van der Waals surface area contributed by atoms with Crippen molar-refractivity contribution in [2.45, 2.75) is 28.9 Å². The fraction of sp³-hybridized carbons (Fsp3) is 0.417. The van der Waals surface area contributed by atoms with Crippen molar-refractivity contribution in [3.05, 3.63) is 23.2 Å². The zero-order valence-corrected chi connectivity index (χ0v) is 10.6. The topological polar surface area (TPSA) is 33.0 Å². The average molecular weight is 254 g/mol. The maximum Gasteiger partial charge on any atom is 0.137 e. The van der Waals surface area contributed by atoms with Gasteiger partial charge < -0.3 is 4.74 Å². The Bertz CT molecular complexity index is 437. The van der Waals surface area contributed by atoms with Crippen molar-refractivity contribution in [3.8, 4) is 11.8 Å². The van der Waals surface area contributed by atoms with E-state index in [1.165, 1.54) is 0 Å². The monoisotopic (exact) mass is 253 g/mol. The number of halogens is 1. The molecule has 0 aliphatic heterocycles. The molecule has 1 aliphatic rings. The number of nitrogens with zero attached hydrogens (tertiary/aromatic N) is 1. The van der Waals surface area contributed by atoms with Gasteiger partial charge in [-0.25, -0.2) is 0 Å². The molecule has 84 valence electrons. The van der Waals surface area contributed by atoms with Gasteiger partial charge >= 0.3 is 0 Å². The predicted molar refractivity (Wildman–Crippen MR) is 66.1 cm³/mol. The molecule has 2 nitrogen and oxygen atoms in total. The Kier molecular flexibility index (Phi) is 3.32. The second-order valence-corrected chi connectivity index (χ2v) is 5.72. The van der Waals surface area contributed by atoms with Crippen LogP contribution in [0.25, 0.3) is 0 Å². The molecule has 16 heavy (non-hydrogen) atoms. The summed E-state index contributed by atoms with van der Waals surface area (Å²) in [5.41, 5.74) is 0. The van der Waals surface area contributed by atoms with E-state index in [2.05, 4.69) is 6.07 Å². The van der Waals surface area contributed by atoms with Gasteiger partial charge in [0.15, 0.2) is 0 Å². The van der Waals surface area contributed by atoms with E-state index >= 15 is 0 Å². The summed E-state index contributed by atoms with van der Waals surface area (Å²) < 4.78 is 4.87. The van der Waals surface area contributed by atoms with Gasteiger partial charge in [-0.15, -0.1) is 11.8 Å². The van der Waals surface area contributed by atoms with Crippen LogP contribution in [0.15, 0.2) is 23.1 Å². The first-order valence-electron chi connectivity index (χ1n) is 5.13. The fourth-order valence-corrected chi connectivity index (χ4v) is 3.30. The van der Waals surface area contributed by atoms with Gasteiger partial charge in [0, 0.05) is 4.90 Å². The Balaban J connectivity index is 2.17. The largest absolute Gasteiger partial charge is 0.495 e. The average Bonchev–Trinajstić information content (AvgIpc) is 2.24. The number of thioether (sulfide) groups is 1. The van der Waals surface area contributed by atoms with E-state index in [1.807, 2.05) is 18.2 Å². The van der Waals surface area contributed by atoms with Crippen LogP contribution in [0.4, 0.5) is 0 Å². The van der Waals surface area contributed by atoms with Gasteiger partial charge in [0.2, 0.25) is 0 Å². The predicted octanol–water partition coefficient (Wildman–Crippen LogP) is 3.89. The molecular formula is C12H12ClNOS. The van der Waals surface area contributed by atoms with Crippen molar-refractivity contribution in [1.29, 1.82) is 5.26 Å². The molecule has 0 unspecified atom stereocenters. The van der Waals surface area contributed by atoms with Crippen LogP contribution in [-0.2, 0) is 0 Å². The second kappa shape index (κ2) is 4.57. The maximum atomic E-state index is 9.14. The van der Waals surface area contributed by atoms with E-state index in [9.17, 15) is 0 Å². The van der Waals surface area contributed by atoms with Gasteiger partial charge in [-0.2, -0.15) is 5.26 Å². The van der Waals surface area contributed by atoms with Gasteiger partial charge in [-0.1, -0.05) is 11.6 Å². The molecule has 0 aromatic heterocycles. The molecule has 0 radical (unpaired) electrons. The normalized spacial score (nSPS) is 17.3. The summed E-state index contributed by atoms with van der Waals surface area (Å²) in [6.45, 7) is 0. The van der Waals surface area contributed by atoms with Crippen molar-refractivity contribution in [2.24, 2.45) is 0 Å². The number of methoxy groups -OCH3 is 1. The lowest BCUT2D eigenvalue weighted by molar-refractivity contribution is 0.414. The quantitative estimate of drug-likeness (QED) is 0.819. The first-order chi connectivity index (χ1) is 7.69. The molecule has 0 N–H and O–H groups in total. The van der Waals surface area contributed by atoms with Crippen molar-refractivity contribution in [2.75, 3.05) is 7.11 Å². The van der Waals surface area contributed by atoms with Crippen molar-refractivity contribution >= 4 is 23.4 Å². The smallest absolute Gasteiger partial charge is 0.137 e. The first kappa shape index (κ1) is 11.6. The maximum absolute atomic E-state index is 9.14. The molecule has 1 fully saturated rings. The summed E-state index contributed by atoms with van der Waals surface area (Å²) in [6.07, 6.45) is 3.08. The zero-order chi connectivity index (χ0) is 11.6. The van der Waals surface area contributed by atoms with Crippen molar-refractivity contribution < 1.29 is 4.74 Å². The van der Waals surface area contributed by atoms with Crippen LogP contribution in [0, 0.1) is 11.3 Å². The Labute approximate surface area is 105 Å². The SMILES string of the molecule is COc1ccc(SC2(C#N)CCC2)cc1Cl. The number of nitriles is 1. The highest BCUT2D eigenvalue weighted by molar-refractivity contribution is 8.01. The Morgan fingerprint density at radius 1 is 1.50 bits per heavy atom. The molecule has 0 saturated heterocycles. The minimum atomic E-state index is -0.224. The Morgan fingerprint density at radius 3 is 2.69 bits per heavy atom. The number of ether oxygens (including phenoxy) is 1. The minimum absolute atomic E-state index is 0.224. The highest BCUT2D eigenvalue weighted by atomic mass is 35.5. The molecule has 0 amide bonds. The molecule has 0 bridgehead atoms. The molecule has 2 rings (SSSR count). The second-order valence-electron chi connectivity index (χ2n) is 3.86. The standard InChI is InChI=1S/C12H12ClNOS/c1-15-11-4-3-9(7-10(11)13)16-12(8-14)5-2-6-12/h3-4,7H,2,5-6H2,1H3. The third-order valence-corrected chi connectivity index (χ3v) is 4.48. The Hall–Kier alpha value is -0.850. The molecule has 4 heteroatoms. The summed E-state index contributed by atoms with van der Waals surface area (Å²) in [5, 5.41) is 9.74. The van der Waals surface area contributed by atoms with E-state index < -0.39 is 0 Å². The van der Waals surface area contributed by atoms with Gasteiger partial charge in [0.1, 0.15) is 10.5 Å². The lowest BCUT2D eigenvalue weighted by Crippen LogP contribution is -2.30. The zero-order valence-electron chi connectivity index (χ0n) is 9.00. The van der Waals surface area contributed by atoms with E-state index in [1.54, 1.807) is 18.9 Å². The third kappa shape index (κ3) is 2.14. The molecule has 0 atom stereocenters. The highest BCUT2D eigenvalue weighted by Crippen LogP contribution is 2.47. The molecule has 1 aromatic carbocycles. The van der Waals surface area contributed by atoms with Crippen LogP contribution in [0.2, 0.25) is 5.02 Å².